The summed E-state index contributed by atoms with van der Waals surface area (Å²) >= 11 is 0. The van der Waals surface area contributed by atoms with Crippen LogP contribution in [0.2, 0.25) is 0 Å². The van der Waals surface area contributed by atoms with Gasteiger partial charge in [-0.05, 0) is 39.0 Å². The second kappa shape index (κ2) is 7.43. The zero-order chi connectivity index (χ0) is 16.2. The van der Waals surface area contributed by atoms with Crippen LogP contribution in [-0.2, 0) is 11.2 Å². The fraction of sp³-hybridized carbons (Fsp3) is 0.824. The smallest absolute Gasteiger partial charge is 0.243 e. The van der Waals surface area contributed by atoms with Gasteiger partial charge in [0.15, 0.2) is 5.82 Å². The number of likely N-dealkylation sites (tertiary alicyclic amines) is 1. The monoisotopic (exact) mass is 320 g/mol. The van der Waals surface area contributed by atoms with Crippen molar-refractivity contribution in [2.24, 2.45) is 5.92 Å². The van der Waals surface area contributed by atoms with Crippen LogP contribution < -0.4 is 5.32 Å². The Morgan fingerprint density at radius 2 is 2.09 bits per heavy atom. The summed E-state index contributed by atoms with van der Waals surface area (Å²) in [6.45, 7) is 6.21. The number of aryl methyl sites for hydroxylation is 1. The highest BCUT2D eigenvalue weighted by Gasteiger charge is 2.32. The van der Waals surface area contributed by atoms with E-state index in [1.54, 1.807) is 0 Å². The van der Waals surface area contributed by atoms with E-state index in [1.807, 2.05) is 0 Å². The van der Waals surface area contributed by atoms with Gasteiger partial charge in [-0.25, -0.2) is 0 Å². The Bertz CT molecular complexity index is 518. The molecule has 1 saturated carbocycles. The molecule has 0 bridgehead atoms. The molecule has 0 aromatic carbocycles. The Morgan fingerprint density at radius 1 is 1.35 bits per heavy atom. The fourth-order valence-corrected chi connectivity index (χ4v) is 3.13. The van der Waals surface area contributed by atoms with Crippen molar-refractivity contribution in [2.45, 2.75) is 70.9 Å². The Hall–Kier alpha value is -1.43. The van der Waals surface area contributed by atoms with Gasteiger partial charge in [-0.3, -0.25) is 9.69 Å². The number of carbonyl (C=O) groups excluding carboxylic acids is 1. The van der Waals surface area contributed by atoms with Gasteiger partial charge in [-0.1, -0.05) is 18.5 Å². The summed E-state index contributed by atoms with van der Waals surface area (Å²) in [7, 11) is 0. The highest BCUT2D eigenvalue weighted by Crippen LogP contribution is 2.30. The molecule has 0 radical (unpaired) electrons. The molecule has 0 spiro atoms. The van der Waals surface area contributed by atoms with E-state index in [0.29, 0.717) is 12.0 Å². The molecule has 2 aliphatic rings. The minimum absolute atomic E-state index is 0.151. The van der Waals surface area contributed by atoms with Crippen LogP contribution in [0.3, 0.4) is 0 Å². The lowest BCUT2D eigenvalue weighted by atomic mass is 10.0. The van der Waals surface area contributed by atoms with Crippen molar-refractivity contribution < 1.29 is 9.32 Å². The van der Waals surface area contributed by atoms with Crippen LogP contribution >= 0.6 is 0 Å². The first-order valence-electron chi connectivity index (χ1n) is 9.04. The van der Waals surface area contributed by atoms with Crippen molar-refractivity contribution in [2.75, 3.05) is 13.1 Å². The first kappa shape index (κ1) is 16.4. The highest BCUT2D eigenvalue weighted by atomic mass is 16.5. The molecule has 6 nitrogen and oxygen atoms in total. The van der Waals surface area contributed by atoms with Crippen LogP contribution in [0.15, 0.2) is 4.52 Å². The lowest BCUT2D eigenvalue weighted by molar-refractivity contribution is -0.123. The first-order chi connectivity index (χ1) is 11.2. The summed E-state index contributed by atoms with van der Waals surface area (Å²) < 4.78 is 5.44. The van der Waals surface area contributed by atoms with E-state index in [1.165, 1.54) is 0 Å². The van der Waals surface area contributed by atoms with E-state index in [-0.39, 0.29) is 11.9 Å². The molecule has 1 atom stereocenters. The minimum Gasteiger partial charge on any atom is -0.353 e. The van der Waals surface area contributed by atoms with Gasteiger partial charge >= 0.3 is 0 Å². The molecule has 1 amide bonds. The van der Waals surface area contributed by atoms with Gasteiger partial charge in [0.2, 0.25) is 11.8 Å². The van der Waals surface area contributed by atoms with Gasteiger partial charge in [-0.2, -0.15) is 4.98 Å². The van der Waals surface area contributed by atoms with E-state index >= 15 is 0 Å². The Morgan fingerprint density at radius 3 is 2.74 bits per heavy atom. The molecule has 23 heavy (non-hydrogen) atoms. The summed E-state index contributed by atoms with van der Waals surface area (Å²) in [6, 6.07) is 0.479. The maximum absolute atomic E-state index is 11.8. The van der Waals surface area contributed by atoms with Crippen molar-refractivity contribution >= 4 is 5.91 Å². The zero-order valence-corrected chi connectivity index (χ0v) is 14.3. The number of nitrogens with zero attached hydrogens (tertiary/aromatic N) is 3. The number of aromatic nitrogens is 2. The van der Waals surface area contributed by atoms with Gasteiger partial charge in [0.1, 0.15) is 0 Å². The van der Waals surface area contributed by atoms with Gasteiger partial charge < -0.3 is 9.84 Å². The summed E-state index contributed by atoms with van der Waals surface area (Å²) in [5, 5.41) is 7.27. The van der Waals surface area contributed by atoms with Crippen LogP contribution in [0, 0.1) is 5.92 Å². The topological polar surface area (TPSA) is 71.3 Å². The van der Waals surface area contributed by atoms with E-state index in [4.69, 9.17) is 4.52 Å². The van der Waals surface area contributed by atoms with Gasteiger partial charge in [0.05, 0.1) is 6.04 Å². The predicted octanol–water partition coefficient (Wildman–Crippen LogP) is 2.46. The Kier molecular flexibility index (Phi) is 5.30. The average molecular weight is 320 g/mol. The third-order valence-corrected chi connectivity index (χ3v) is 4.97. The lowest BCUT2D eigenvalue weighted by Gasteiger charge is -2.34. The van der Waals surface area contributed by atoms with E-state index in [9.17, 15) is 4.79 Å². The number of unbranched alkanes of at least 4 members (excludes halogenated alkanes) is 1. The maximum atomic E-state index is 11.8. The minimum atomic E-state index is 0.151. The SMILES string of the molecule is CCCCc1noc([C@@H](C)N2CCC(NC(=O)C3CC3)CC2)n1. The van der Waals surface area contributed by atoms with Crippen molar-refractivity contribution in [3.8, 4) is 0 Å². The van der Waals surface area contributed by atoms with E-state index in [0.717, 1.165) is 69.8 Å². The third kappa shape index (κ3) is 4.31. The number of carbonyl (C=O) groups is 1. The van der Waals surface area contributed by atoms with Crippen LogP contribution in [0.5, 0.6) is 0 Å². The fourth-order valence-electron chi connectivity index (χ4n) is 3.13. The first-order valence-corrected chi connectivity index (χ1v) is 9.04. The molecular weight excluding hydrogens is 292 g/mol. The van der Waals surface area contributed by atoms with Crippen molar-refractivity contribution in [3.63, 3.8) is 0 Å². The van der Waals surface area contributed by atoms with Gasteiger partial charge in [0, 0.05) is 31.5 Å². The molecule has 128 valence electrons. The number of amides is 1. The molecule has 6 heteroatoms. The molecule has 2 fully saturated rings. The Labute approximate surface area is 138 Å². The second-order valence-corrected chi connectivity index (χ2v) is 6.92. The van der Waals surface area contributed by atoms with E-state index < -0.39 is 0 Å². The molecule has 1 aromatic heterocycles. The maximum Gasteiger partial charge on any atom is 0.243 e. The number of rotatable bonds is 7. The van der Waals surface area contributed by atoms with E-state index in [2.05, 4.69) is 34.2 Å². The predicted molar refractivity (Wildman–Crippen MR) is 86.8 cm³/mol. The average Bonchev–Trinajstić information content (AvgIpc) is 3.32. The normalized spacial score (nSPS) is 21.3. The Balaban J connectivity index is 1.46. The summed E-state index contributed by atoms with van der Waals surface area (Å²) in [5.74, 6) is 2.10. The molecule has 1 aliphatic heterocycles. The molecule has 1 N–H and O–H groups in total. The number of hydrogen-bond donors (Lipinski definition) is 1. The number of nitrogens with one attached hydrogen (secondary N) is 1. The van der Waals surface area contributed by atoms with Gasteiger partial charge in [-0.15, -0.1) is 0 Å². The lowest BCUT2D eigenvalue weighted by Crippen LogP contribution is -2.45. The van der Waals surface area contributed by atoms with Crippen LogP contribution in [0.1, 0.15) is 70.1 Å². The number of hydrogen-bond acceptors (Lipinski definition) is 5. The summed E-state index contributed by atoms with van der Waals surface area (Å²) in [6.07, 6.45) is 7.26. The molecule has 3 rings (SSSR count). The summed E-state index contributed by atoms with van der Waals surface area (Å²) in [5.41, 5.74) is 0. The second-order valence-electron chi connectivity index (χ2n) is 6.92. The molecular formula is C17H28N4O2. The number of piperidine rings is 1. The largest absolute Gasteiger partial charge is 0.353 e. The van der Waals surface area contributed by atoms with Crippen molar-refractivity contribution in [3.05, 3.63) is 11.7 Å². The summed E-state index contributed by atoms with van der Waals surface area (Å²) in [4.78, 5) is 18.7. The molecule has 1 saturated heterocycles. The molecule has 1 aliphatic carbocycles. The highest BCUT2D eigenvalue weighted by molar-refractivity contribution is 5.81. The quantitative estimate of drug-likeness (QED) is 0.835. The van der Waals surface area contributed by atoms with Gasteiger partial charge in [0.25, 0.3) is 0 Å². The standard InChI is InChI=1S/C17H28N4O2/c1-3-4-5-15-19-17(23-20-15)12(2)21-10-8-14(9-11-21)18-16(22)13-6-7-13/h12-14H,3-11H2,1-2H3,(H,18,22)/t12-/m1/s1. The van der Waals surface area contributed by atoms with Crippen molar-refractivity contribution in [1.29, 1.82) is 0 Å². The molecule has 2 heterocycles. The molecule has 1 aromatic rings. The third-order valence-electron chi connectivity index (χ3n) is 4.97. The molecule has 0 unspecified atom stereocenters. The zero-order valence-electron chi connectivity index (χ0n) is 14.3. The van der Waals surface area contributed by atoms with Crippen molar-refractivity contribution in [1.82, 2.24) is 20.4 Å². The van der Waals surface area contributed by atoms with Crippen LogP contribution in [0.25, 0.3) is 0 Å². The van der Waals surface area contributed by atoms with Crippen LogP contribution in [0.4, 0.5) is 0 Å². The van der Waals surface area contributed by atoms with Crippen LogP contribution in [-0.4, -0.2) is 40.1 Å².